The van der Waals surface area contributed by atoms with Gasteiger partial charge in [0.25, 0.3) is 0 Å². The molecule has 1 unspecified atom stereocenters. The number of ether oxygens (including phenoxy) is 1. The Labute approximate surface area is 150 Å². The Bertz CT molecular complexity index is 516. The molecular formula is C19H33N3O3. The fourth-order valence-corrected chi connectivity index (χ4v) is 4.60. The van der Waals surface area contributed by atoms with E-state index >= 15 is 0 Å². The topological polar surface area (TPSA) is 84.7 Å². The lowest BCUT2D eigenvalue weighted by molar-refractivity contribution is -0.148. The van der Waals surface area contributed by atoms with E-state index in [1.165, 1.54) is 0 Å². The van der Waals surface area contributed by atoms with Crippen molar-refractivity contribution in [3.63, 3.8) is 0 Å². The van der Waals surface area contributed by atoms with Crippen molar-refractivity contribution in [1.29, 1.82) is 0 Å². The molecular weight excluding hydrogens is 318 g/mol. The summed E-state index contributed by atoms with van der Waals surface area (Å²) in [7, 11) is 0. The zero-order valence-corrected chi connectivity index (χ0v) is 15.9. The molecule has 25 heavy (non-hydrogen) atoms. The summed E-state index contributed by atoms with van der Waals surface area (Å²) in [4.78, 5) is 26.9. The maximum Gasteiger partial charge on any atom is 0.407 e. The van der Waals surface area contributed by atoms with Crippen LogP contribution in [0.2, 0.25) is 0 Å². The molecule has 2 bridgehead atoms. The number of hydrogen-bond acceptors (Lipinski definition) is 4. The second-order valence-electron chi connectivity index (χ2n) is 9.43. The number of amides is 2. The van der Waals surface area contributed by atoms with Crippen LogP contribution in [0.4, 0.5) is 4.79 Å². The molecule has 3 saturated carbocycles. The Kier molecular flexibility index (Phi) is 4.77. The van der Waals surface area contributed by atoms with Gasteiger partial charge in [-0.15, -0.1) is 0 Å². The van der Waals surface area contributed by atoms with Crippen LogP contribution in [0.3, 0.4) is 0 Å². The van der Waals surface area contributed by atoms with Crippen LogP contribution in [0.25, 0.3) is 0 Å². The average Bonchev–Trinajstić information content (AvgIpc) is 3.00. The summed E-state index contributed by atoms with van der Waals surface area (Å²) in [5, 5.41) is 2.84. The molecule has 2 amide bonds. The third-order valence-electron chi connectivity index (χ3n) is 6.27. The second-order valence-corrected chi connectivity index (χ2v) is 9.43. The first-order valence-electron chi connectivity index (χ1n) is 9.66. The Balaban J connectivity index is 1.48. The number of carbonyl (C=O) groups excluding carboxylic acids is 2. The maximum absolute atomic E-state index is 13.1. The highest BCUT2D eigenvalue weighted by atomic mass is 16.6. The van der Waals surface area contributed by atoms with Gasteiger partial charge in [-0.3, -0.25) is 4.79 Å². The second kappa shape index (κ2) is 6.45. The number of carbonyl (C=O) groups is 2. The van der Waals surface area contributed by atoms with Crippen molar-refractivity contribution in [3.8, 4) is 0 Å². The third kappa shape index (κ3) is 4.10. The number of nitrogens with one attached hydrogen (secondary N) is 1. The number of nitrogens with zero attached hydrogens (tertiary/aromatic N) is 1. The fraction of sp³-hybridized carbons (Fsp3) is 0.895. The molecule has 0 aromatic carbocycles. The number of fused-ring (bicyclic) bond motifs is 3. The number of nitrogens with two attached hydrogens (primary N) is 1. The largest absolute Gasteiger partial charge is 0.444 e. The molecule has 0 radical (unpaired) electrons. The summed E-state index contributed by atoms with van der Waals surface area (Å²) < 4.78 is 5.27. The zero-order valence-electron chi connectivity index (χ0n) is 15.9. The minimum Gasteiger partial charge on any atom is -0.444 e. The van der Waals surface area contributed by atoms with E-state index in [4.69, 9.17) is 10.5 Å². The smallest absolute Gasteiger partial charge is 0.407 e. The van der Waals surface area contributed by atoms with Gasteiger partial charge in [0.15, 0.2) is 0 Å². The highest BCUT2D eigenvalue weighted by Gasteiger charge is 2.52. The molecule has 3 aliphatic carbocycles. The monoisotopic (exact) mass is 351 g/mol. The van der Waals surface area contributed by atoms with E-state index in [2.05, 4.69) is 5.32 Å². The van der Waals surface area contributed by atoms with Gasteiger partial charge >= 0.3 is 6.09 Å². The summed E-state index contributed by atoms with van der Waals surface area (Å²) in [5.74, 6) is 0.641. The highest BCUT2D eigenvalue weighted by Crippen LogP contribution is 2.52. The Hall–Kier alpha value is -1.30. The first-order chi connectivity index (χ1) is 11.6. The van der Waals surface area contributed by atoms with Gasteiger partial charge < -0.3 is 20.7 Å². The molecule has 1 atom stereocenters. The SMILES string of the molecule is CC(C)(C)OC(=O)NCC1CCN(C(=O)C23CCC(N)(CC2)CC3)C1. The predicted molar refractivity (Wildman–Crippen MR) is 96.0 cm³/mol. The van der Waals surface area contributed by atoms with E-state index in [9.17, 15) is 9.59 Å². The van der Waals surface area contributed by atoms with Gasteiger partial charge in [-0.1, -0.05) is 0 Å². The van der Waals surface area contributed by atoms with E-state index in [-0.39, 0.29) is 17.0 Å². The van der Waals surface area contributed by atoms with E-state index in [0.29, 0.717) is 18.4 Å². The maximum atomic E-state index is 13.1. The van der Waals surface area contributed by atoms with E-state index < -0.39 is 5.60 Å². The predicted octanol–water partition coefficient (Wildman–Crippen LogP) is 2.41. The molecule has 1 saturated heterocycles. The van der Waals surface area contributed by atoms with Crippen molar-refractivity contribution in [1.82, 2.24) is 10.2 Å². The molecule has 6 nitrogen and oxygen atoms in total. The molecule has 4 fully saturated rings. The fourth-order valence-electron chi connectivity index (χ4n) is 4.60. The molecule has 4 aliphatic rings. The van der Waals surface area contributed by atoms with Gasteiger partial charge in [0.1, 0.15) is 5.60 Å². The standard InChI is InChI=1S/C19H33N3O3/c1-17(2,3)25-16(24)21-12-14-4-11-22(13-14)15(23)18-5-8-19(20,9-6-18)10-7-18/h14H,4-13,20H2,1-3H3,(H,21,24). The number of hydrogen-bond donors (Lipinski definition) is 2. The van der Waals surface area contributed by atoms with Gasteiger partial charge in [0.2, 0.25) is 5.91 Å². The summed E-state index contributed by atoms with van der Waals surface area (Å²) in [6, 6.07) is 0. The van der Waals surface area contributed by atoms with E-state index in [0.717, 1.165) is 58.0 Å². The van der Waals surface area contributed by atoms with Gasteiger partial charge in [0.05, 0.1) is 0 Å². The lowest BCUT2D eigenvalue weighted by atomic mass is 9.57. The molecule has 142 valence electrons. The van der Waals surface area contributed by atoms with Crippen molar-refractivity contribution in [2.45, 2.75) is 76.9 Å². The van der Waals surface area contributed by atoms with Gasteiger partial charge in [-0.05, 0) is 71.6 Å². The average molecular weight is 351 g/mol. The normalized spacial score (nSPS) is 34.9. The summed E-state index contributed by atoms with van der Waals surface area (Å²) in [6.07, 6.45) is 6.34. The van der Waals surface area contributed by atoms with Crippen LogP contribution in [-0.2, 0) is 9.53 Å². The molecule has 0 aromatic rings. The zero-order chi connectivity index (χ0) is 18.3. The van der Waals surface area contributed by atoms with Crippen molar-refractivity contribution < 1.29 is 14.3 Å². The molecule has 1 heterocycles. The van der Waals surface area contributed by atoms with Crippen LogP contribution in [0.5, 0.6) is 0 Å². The van der Waals surface area contributed by atoms with Gasteiger partial charge in [-0.25, -0.2) is 4.79 Å². The summed E-state index contributed by atoms with van der Waals surface area (Å²) >= 11 is 0. The first-order valence-corrected chi connectivity index (χ1v) is 9.66. The number of likely N-dealkylation sites (tertiary alicyclic amines) is 1. The van der Waals surface area contributed by atoms with Crippen molar-refractivity contribution in [3.05, 3.63) is 0 Å². The van der Waals surface area contributed by atoms with Crippen molar-refractivity contribution in [2.24, 2.45) is 17.1 Å². The van der Waals surface area contributed by atoms with Crippen LogP contribution in [0, 0.1) is 11.3 Å². The Morgan fingerprint density at radius 2 is 1.76 bits per heavy atom. The number of alkyl carbamates (subject to hydrolysis) is 1. The minimum absolute atomic E-state index is 0.00703. The summed E-state index contributed by atoms with van der Waals surface area (Å²) in [5.41, 5.74) is 5.72. The third-order valence-corrected chi connectivity index (χ3v) is 6.27. The molecule has 0 aromatic heterocycles. The molecule has 1 aliphatic heterocycles. The quantitative estimate of drug-likeness (QED) is 0.818. The van der Waals surface area contributed by atoms with E-state index in [1.54, 1.807) is 0 Å². The lowest BCUT2D eigenvalue weighted by Gasteiger charge is -2.51. The highest BCUT2D eigenvalue weighted by molar-refractivity contribution is 5.83. The number of rotatable bonds is 3. The van der Waals surface area contributed by atoms with Crippen molar-refractivity contribution >= 4 is 12.0 Å². The Morgan fingerprint density at radius 1 is 1.16 bits per heavy atom. The molecule has 0 spiro atoms. The molecule has 6 heteroatoms. The lowest BCUT2D eigenvalue weighted by Crippen LogP contribution is -2.57. The molecule has 4 rings (SSSR count). The van der Waals surface area contributed by atoms with Crippen LogP contribution in [0.15, 0.2) is 0 Å². The molecule has 3 N–H and O–H groups in total. The van der Waals surface area contributed by atoms with Crippen LogP contribution < -0.4 is 11.1 Å². The van der Waals surface area contributed by atoms with Crippen molar-refractivity contribution in [2.75, 3.05) is 19.6 Å². The van der Waals surface area contributed by atoms with E-state index in [1.807, 2.05) is 25.7 Å². The Morgan fingerprint density at radius 3 is 2.32 bits per heavy atom. The van der Waals surface area contributed by atoms with Crippen LogP contribution in [-0.4, -0.2) is 47.7 Å². The minimum atomic E-state index is -0.485. The van der Waals surface area contributed by atoms with Crippen LogP contribution in [0.1, 0.15) is 65.7 Å². The van der Waals surface area contributed by atoms with Gasteiger partial charge in [0, 0.05) is 30.6 Å². The summed E-state index contributed by atoms with van der Waals surface area (Å²) in [6.45, 7) is 7.67. The first kappa shape index (κ1) is 18.5. The van der Waals surface area contributed by atoms with Gasteiger partial charge in [-0.2, -0.15) is 0 Å². The van der Waals surface area contributed by atoms with Crippen LogP contribution >= 0.6 is 0 Å².